The van der Waals surface area contributed by atoms with Crippen LogP contribution in [0.1, 0.15) is 70.0 Å². The van der Waals surface area contributed by atoms with Crippen LogP contribution in [-0.4, -0.2) is 30.8 Å². The average molecular weight is 450 g/mol. The zero-order valence-electron chi connectivity index (χ0n) is 20.8. The third kappa shape index (κ3) is 5.95. The van der Waals surface area contributed by atoms with Gasteiger partial charge in [0.15, 0.2) is 0 Å². The summed E-state index contributed by atoms with van der Waals surface area (Å²) in [6, 6.07) is 16.2. The molecule has 1 atom stereocenters. The van der Waals surface area contributed by atoms with Gasteiger partial charge in [-0.25, -0.2) is 0 Å². The molecule has 1 aliphatic carbocycles. The first-order valence-corrected chi connectivity index (χ1v) is 12.3. The molecule has 0 saturated heterocycles. The second-order valence-electron chi connectivity index (χ2n) is 9.42. The van der Waals surface area contributed by atoms with Crippen LogP contribution in [0.25, 0.3) is 0 Å². The molecule has 0 aromatic heterocycles. The molecule has 5 nitrogen and oxygen atoms in total. The van der Waals surface area contributed by atoms with E-state index in [9.17, 15) is 9.59 Å². The van der Waals surface area contributed by atoms with E-state index in [0.29, 0.717) is 6.54 Å². The van der Waals surface area contributed by atoms with Crippen LogP contribution in [0.2, 0.25) is 0 Å². The molecule has 2 aromatic carbocycles. The molecule has 2 aromatic rings. The minimum Gasteiger partial charge on any atom is -0.377 e. The van der Waals surface area contributed by atoms with Crippen molar-refractivity contribution in [1.29, 1.82) is 0 Å². The van der Waals surface area contributed by atoms with Crippen LogP contribution in [0.15, 0.2) is 48.5 Å². The van der Waals surface area contributed by atoms with Crippen LogP contribution < -0.4 is 10.2 Å². The summed E-state index contributed by atoms with van der Waals surface area (Å²) in [5, 5.41) is 3.10. The third-order valence-electron chi connectivity index (χ3n) is 7.01. The molecule has 3 rings (SSSR count). The average Bonchev–Trinajstić information content (AvgIpc) is 2.77. The Morgan fingerprint density at radius 1 is 1.03 bits per heavy atom. The number of hydrogen-bond acceptors (Lipinski definition) is 3. The zero-order chi connectivity index (χ0) is 24.0. The number of hydrogen-bond donors (Lipinski definition) is 1. The van der Waals surface area contributed by atoms with E-state index in [1.807, 2.05) is 55.4 Å². The molecule has 1 aliphatic rings. The highest BCUT2D eigenvalue weighted by atomic mass is 16.2. The molecule has 0 radical (unpaired) electrons. The number of nitrogens with zero attached hydrogens (tertiary/aromatic N) is 2. The van der Waals surface area contributed by atoms with Crippen molar-refractivity contribution < 1.29 is 9.59 Å². The van der Waals surface area contributed by atoms with E-state index >= 15 is 0 Å². The number of nitrogens with one attached hydrogen (secondary N) is 1. The largest absolute Gasteiger partial charge is 0.377 e. The van der Waals surface area contributed by atoms with Gasteiger partial charge in [-0.05, 0) is 61.9 Å². The normalized spacial score (nSPS) is 14.5. The second-order valence-corrected chi connectivity index (χ2v) is 9.42. The van der Waals surface area contributed by atoms with E-state index in [4.69, 9.17) is 0 Å². The zero-order valence-corrected chi connectivity index (χ0v) is 20.8. The summed E-state index contributed by atoms with van der Waals surface area (Å²) in [6.45, 7) is 6.76. The highest BCUT2D eigenvalue weighted by Gasteiger charge is 2.28. The number of anilines is 2. The molecule has 1 fully saturated rings. The van der Waals surface area contributed by atoms with Crippen molar-refractivity contribution in [3.8, 4) is 0 Å². The van der Waals surface area contributed by atoms with E-state index in [0.717, 1.165) is 54.6 Å². The first-order valence-electron chi connectivity index (χ1n) is 12.3. The van der Waals surface area contributed by atoms with Crippen molar-refractivity contribution in [3.05, 3.63) is 59.7 Å². The quantitative estimate of drug-likeness (QED) is 0.483. The Morgan fingerprint density at radius 3 is 2.24 bits per heavy atom. The van der Waals surface area contributed by atoms with Crippen LogP contribution in [0.5, 0.6) is 0 Å². The maximum atomic E-state index is 13.6. The van der Waals surface area contributed by atoms with Gasteiger partial charge < -0.3 is 15.1 Å². The van der Waals surface area contributed by atoms with Crippen LogP contribution in [0, 0.1) is 11.8 Å². The van der Waals surface area contributed by atoms with Gasteiger partial charge >= 0.3 is 0 Å². The summed E-state index contributed by atoms with van der Waals surface area (Å²) in [5.41, 5.74) is 4.01. The molecule has 0 spiro atoms. The number of carbonyl (C=O) groups excluding carboxylic acids is 2. The van der Waals surface area contributed by atoms with Crippen molar-refractivity contribution >= 4 is 23.2 Å². The molecule has 2 amide bonds. The standard InChI is InChI=1S/C28H39N3O2/c1-6-21(7-2)28(33)31(20(3)22-12-9-8-10-13-22)19-24-18-25(16-17-26(24)30(4)5)29-27(32)23-14-11-15-23/h8-10,12-13,16-18,20-21,23H,6-7,11,14-15,19H2,1-5H3,(H,29,32)/t20-/m1/s1. The molecule has 5 heteroatoms. The van der Waals surface area contributed by atoms with E-state index in [-0.39, 0.29) is 29.7 Å². The van der Waals surface area contributed by atoms with Crippen LogP contribution in [-0.2, 0) is 16.1 Å². The van der Waals surface area contributed by atoms with Crippen LogP contribution in [0.4, 0.5) is 11.4 Å². The molecule has 1 saturated carbocycles. The summed E-state index contributed by atoms with van der Waals surface area (Å²) in [6.07, 6.45) is 4.73. The summed E-state index contributed by atoms with van der Waals surface area (Å²) in [5.74, 6) is 0.422. The van der Waals surface area contributed by atoms with E-state index in [2.05, 4.69) is 43.1 Å². The first-order chi connectivity index (χ1) is 15.8. The second kappa shape index (κ2) is 11.4. The maximum absolute atomic E-state index is 13.6. The lowest BCUT2D eigenvalue weighted by atomic mass is 9.85. The minimum atomic E-state index is -0.0532. The summed E-state index contributed by atoms with van der Waals surface area (Å²) in [4.78, 5) is 30.3. The lowest BCUT2D eigenvalue weighted by Crippen LogP contribution is -2.37. The first kappa shape index (κ1) is 24.8. The minimum absolute atomic E-state index is 0.000436. The van der Waals surface area contributed by atoms with Gasteiger partial charge in [0, 0.05) is 43.9 Å². The van der Waals surface area contributed by atoms with E-state index in [1.165, 1.54) is 0 Å². The van der Waals surface area contributed by atoms with Gasteiger partial charge in [0.25, 0.3) is 0 Å². The Hall–Kier alpha value is -2.82. The van der Waals surface area contributed by atoms with Gasteiger partial charge in [-0.2, -0.15) is 0 Å². The van der Waals surface area contributed by atoms with Crippen molar-refractivity contribution in [1.82, 2.24) is 4.90 Å². The van der Waals surface area contributed by atoms with Crippen LogP contribution in [0.3, 0.4) is 0 Å². The summed E-state index contributed by atoms with van der Waals surface area (Å²) < 4.78 is 0. The van der Waals surface area contributed by atoms with Gasteiger partial charge in [-0.15, -0.1) is 0 Å². The summed E-state index contributed by atoms with van der Waals surface area (Å²) >= 11 is 0. The molecule has 0 unspecified atom stereocenters. The highest BCUT2D eigenvalue weighted by molar-refractivity contribution is 5.93. The topological polar surface area (TPSA) is 52.7 Å². The molecule has 0 bridgehead atoms. The van der Waals surface area contributed by atoms with Gasteiger partial charge in [-0.1, -0.05) is 50.6 Å². The molecule has 0 aliphatic heterocycles. The van der Waals surface area contributed by atoms with Crippen LogP contribution >= 0.6 is 0 Å². The number of benzene rings is 2. The van der Waals surface area contributed by atoms with Gasteiger partial charge in [0.05, 0.1) is 6.04 Å². The summed E-state index contributed by atoms with van der Waals surface area (Å²) in [7, 11) is 4.03. The Kier molecular flexibility index (Phi) is 8.54. The van der Waals surface area contributed by atoms with Gasteiger partial charge in [-0.3, -0.25) is 9.59 Å². The molecule has 178 valence electrons. The van der Waals surface area contributed by atoms with Gasteiger partial charge in [0.2, 0.25) is 11.8 Å². The SMILES string of the molecule is CCC(CC)C(=O)N(Cc1cc(NC(=O)C2CCC2)ccc1N(C)C)[C@H](C)c1ccccc1. The van der Waals surface area contributed by atoms with Gasteiger partial charge in [0.1, 0.15) is 0 Å². The predicted octanol–water partition coefficient (Wildman–Crippen LogP) is 6.02. The number of rotatable bonds is 10. The Balaban J connectivity index is 1.94. The monoisotopic (exact) mass is 449 g/mol. The van der Waals surface area contributed by atoms with Crippen molar-refractivity contribution in [2.24, 2.45) is 11.8 Å². The molecule has 33 heavy (non-hydrogen) atoms. The number of amides is 2. The van der Waals surface area contributed by atoms with Crippen molar-refractivity contribution in [2.75, 3.05) is 24.3 Å². The number of carbonyl (C=O) groups is 2. The molecular weight excluding hydrogens is 410 g/mol. The fourth-order valence-corrected chi connectivity index (χ4v) is 4.51. The Morgan fingerprint density at radius 2 is 1.70 bits per heavy atom. The smallest absolute Gasteiger partial charge is 0.227 e. The molecular formula is C28H39N3O2. The Labute approximate surface area is 199 Å². The third-order valence-corrected chi connectivity index (χ3v) is 7.01. The lowest BCUT2D eigenvalue weighted by molar-refractivity contribution is -0.138. The van der Waals surface area contributed by atoms with Crippen molar-refractivity contribution in [2.45, 2.75) is 65.5 Å². The molecule has 1 N–H and O–H groups in total. The predicted molar refractivity (Wildman–Crippen MR) is 136 cm³/mol. The Bertz CT molecular complexity index is 933. The van der Waals surface area contributed by atoms with E-state index in [1.54, 1.807) is 0 Å². The highest BCUT2D eigenvalue weighted by Crippen LogP contribution is 2.32. The maximum Gasteiger partial charge on any atom is 0.227 e. The fourth-order valence-electron chi connectivity index (χ4n) is 4.51. The fraction of sp³-hybridized carbons (Fsp3) is 0.500. The lowest BCUT2D eigenvalue weighted by Gasteiger charge is -2.34. The van der Waals surface area contributed by atoms with Crippen molar-refractivity contribution in [3.63, 3.8) is 0 Å². The van der Waals surface area contributed by atoms with E-state index < -0.39 is 0 Å². The molecule has 0 heterocycles.